The summed E-state index contributed by atoms with van der Waals surface area (Å²) < 4.78 is 29.9. The van der Waals surface area contributed by atoms with Crippen LogP contribution in [0.2, 0.25) is 0 Å². The molecule has 0 saturated carbocycles. The quantitative estimate of drug-likeness (QED) is 0.757. The van der Waals surface area contributed by atoms with Crippen molar-refractivity contribution in [2.75, 3.05) is 36.6 Å². The van der Waals surface area contributed by atoms with Gasteiger partial charge in [0.1, 0.15) is 5.75 Å². The molecule has 0 radical (unpaired) electrons. The third-order valence-corrected chi connectivity index (χ3v) is 6.69. The van der Waals surface area contributed by atoms with E-state index < -0.39 is 9.84 Å². The van der Waals surface area contributed by atoms with Crippen LogP contribution in [0.1, 0.15) is 5.69 Å². The van der Waals surface area contributed by atoms with Gasteiger partial charge in [0.05, 0.1) is 30.4 Å². The van der Waals surface area contributed by atoms with Crippen molar-refractivity contribution in [3.8, 4) is 5.75 Å². The lowest BCUT2D eigenvalue weighted by atomic mass is 10.0. The van der Waals surface area contributed by atoms with Gasteiger partial charge in [-0.2, -0.15) is 0 Å². The Morgan fingerprint density at radius 1 is 1.12 bits per heavy atom. The first-order valence-corrected chi connectivity index (χ1v) is 10.3. The van der Waals surface area contributed by atoms with E-state index in [2.05, 4.69) is 19.9 Å². The monoisotopic (exact) mass is 375 g/mol. The molecule has 0 spiro atoms. The molecule has 2 aliphatic heterocycles. The third-order valence-electron chi connectivity index (χ3n) is 4.99. The SMILES string of the molecule is COc1ccnc(CN2CCN(c3ncccn3)C3CS(=O)(=O)CC32)c1. The topological polar surface area (TPSA) is 88.5 Å². The largest absolute Gasteiger partial charge is 0.497 e. The van der Waals surface area contributed by atoms with Crippen LogP contribution in [-0.4, -0.2) is 72.1 Å². The summed E-state index contributed by atoms with van der Waals surface area (Å²) in [5, 5.41) is 0. The lowest BCUT2D eigenvalue weighted by molar-refractivity contribution is 0.157. The van der Waals surface area contributed by atoms with Gasteiger partial charge in [0.2, 0.25) is 5.95 Å². The number of sulfone groups is 1. The van der Waals surface area contributed by atoms with Crippen molar-refractivity contribution in [3.63, 3.8) is 0 Å². The van der Waals surface area contributed by atoms with Gasteiger partial charge < -0.3 is 9.64 Å². The standard InChI is InChI=1S/C17H21N5O3S/c1-25-14-3-6-18-13(9-14)10-21-7-8-22(17-19-4-2-5-20-17)16-12-26(23,24)11-15(16)21/h2-6,9,15-16H,7-8,10-12H2,1H3. The summed E-state index contributed by atoms with van der Waals surface area (Å²) in [5.41, 5.74) is 0.872. The van der Waals surface area contributed by atoms with E-state index in [1.807, 2.05) is 11.0 Å². The highest BCUT2D eigenvalue weighted by Crippen LogP contribution is 2.30. The summed E-state index contributed by atoms with van der Waals surface area (Å²) in [6.07, 6.45) is 5.09. The van der Waals surface area contributed by atoms with E-state index in [0.29, 0.717) is 19.0 Å². The minimum atomic E-state index is -3.09. The van der Waals surface area contributed by atoms with Crippen molar-refractivity contribution in [3.05, 3.63) is 42.5 Å². The molecule has 2 aromatic heterocycles. The molecule has 2 unspecified atom stereocenters. The number of pyridine rings is 1. The van der Waals surface area contributed by atoms with E-state index in [0.717, 1.165) is 18.0 Å². The number of piperazine rings is 1. The Labute approximate surface area is 152 Å². The summed E-state index contributed by atoms with van der Waals surface area (Å²) in [6, 6.07) is 5.23. The van der Waals surface area contributed by atoms with Gasteiger partial charge in [-0.1, -0.05) is 0 Å². The van der Waals surface area contributed by atoms with E-state index in [1.54, 1.807) is 37.8 Å². The van der Waals surface area contributed by atoms with Crippen LogP contribution in [0.5, 0.6) is 5.75 Å². The zero-order chi connectivity index (χ0) is 18.1. The number of hydrogen-bond donors (Lipinski definition) is 0. The molecule has 2 saturated heterocycles. The maximum absolute atomic E-state index is 12.3. The second-order valence-corrected chi connectivity index (χ2v) is 8.77. The van der Waals surface area contributed by atoms with Crippen molar-refractivity contribution in [2.45, 2.75) is 18.6 Å². The summed E-state index contributed by atoms with van der Waals surface area (Å²) in [6.45, 7) is 2.01. The van der Waals surface area contributed by atoms with Crippen LogP contribution in [0.25, 0.3) is 0 Å². The Bertz CT molecular complexity index is 877. The van der Waals surface area contributed by atoms with Gasteiger partial charge in [0.25, 0.3) is 0 Å². The summed E-state index contributed by atoms with van der Waals surface area (Å²) in [7, 11) is -1.47. The molecule has 2 aromatic rings. The number of fused-ring (bicyclic) bond motifs is 1. The van der Waals surface area contributed by atoms with Crippen molar-refractivity contribution < 1.29 is 13.2 Å². The minimum absolute atomic E-state index is 0.0921. The summed E-state index contributed by atoms with van der Waals surface area (Å²) in [4.78, 5) is 17.3. The molecular weight excluding hydrogens is 354 g/mol. The van der Waals surface area contributed by atoms with Gasteiger partial charge in [-0.3, -0.25) is 9.88 Å². The van der Waals surface area contributed by atoms with Gasteiger partial charge >= 0.3 is 0 Å². The van der Waals surface area contributed by atoms with E-state index >= 15 is 0 Å². The molecule has 0 bridgehead atoms. The van der Waals surface area contributed by atoms with Crippen LogP contribution in [-0.2, 0) is 16.4 Å². The molecule has 4 heterocycles. The van der Waals surface area contributed by atoms with Crippen molar-refractivity contribution >= 4 is 15.8 Å². The Balaban J connectivity index is 1.59. The number of ether oxygens (including phenoxy) is 1. The van der Waals surface area contributed by atoms with Crippen molar-refractivity contribution in [1.29, 1.82) is 0 Å². The molecule has 0 aromatic carbocycles. The summed E-state index contributed by atoms with van der Waals surface area (Å²) in [5.74, 6) is 1.64. The van der Waals surface area contributed by atoms with Crippen LogP contribution < -0.4 is 9.64 Å². The average Bonchev–Trinajstić information content (AvgIpc) is 2.98. The Hall–Kier alpha value is -2.26. The minimum Gasteiger partial charge on any atom is -0.497 e. The Morgan fingerprint density at radius 3 is 2.65 bits per heavy atom. The van der Waals surface area contributed by atoms with E-state index in [1.165, 1.54) is 0 Å². The maximum atomic E-state index is 12.3. The molecule has 2 aliphatic rings. The highest BCUT2D eigenvalue weighted by Gasteiger charge is 2.47. The fourth-order valence-corrected chi connectivity index (χ4v) is 5.80. The van der Waals surface area contributed by atoms with Crippen LogP contribution in [0, 0.1) is 0 Å². The first-order chi connectivity index (χ1) is 12.6. The van der Waals surface area contributed by atoms with E-state index in [9.17, 15) is 8.42 Å². The van der Waals surface area contributed by atoms with Crippen molar-refractivity contribution in [1.82, 2.24) is 19.9 Å². The fraction of sp³-hybridized carbons (Fsp3) is 0.471. The highest BCUT2D eigenvalue weighted by atomic mass is 32.2. The van der Waals surface area contributed by atoms with Crippen molar-refractivity contribution in [2.24, 2.45) is 0 Å². The number of nitrogens with zero attached hydrogens (tertiary/aromatic N) is 5. The summed E-state index contributed by atoms with van der Waals surface area (Å²) >= 11 is 0. The molecule has 4 rings (SSSR count). The van der Waals surface area contributed by atoms with Crippen LogP contribution in [0.15, 0.2) is 36.8 Å². The van der Waals surface area contributed by atoms with Crippen LogP contribution in [0.4, 0.5) is 5.95 Å². The molecule has 2 atom stereocenters. The number of anilines is 1. The number of methoxy groups -OCH3 is 1. The third kappa shape index (κ3) is 3.36. The predicted octanol–water partition coefficient (Wildman–Crippen LogP) is 0.368. The van der Waals surface area contributed by atoms with Crippen LogP contribution in [0.3, 0.4) is 0 Å². The van der Waals surface area contributed by atoms with Gasteiger partial charge in [-0.05, 0) is 12.1 Å². The Morgan fingerprint density at radius 2 is 1.88 bits per heavy atom. The fourth-order valence-electron chi connectivity index (χ4n) is 3.79. The zero-order valence-electron chi connectivity index (χ0n) is 14.5. The number of rotatable bonds is 4. The normalized spacial score (nSPS) is 25.0. The number of hydrogen-bond acceptors (Lipinski definition) is 8. The Kier molecular flexibility index (Phi) is 4.49. The predicted molar refractivity (Wildman–Crippen MR) is 96.8 cm³/mol. The highest BCUT2D eigenvalue weighted by molar-refractivity contribution is 7.91. The zero-order valence-corrected chi connectivity index (χ0v) is 15.3. The maximum Gasteiger partial charge on any atom is 0.225 e. The average molecular weight is 375 g/mol. The molecule has 2 fully saturated rings. The van der Waals surface area contributed by atoms with Gasteiger partial charge in [0, 0.05) is 50.3 Å². The number of aromatic nitrogens is 3. The smallest absolute Gasteiger partial charge is 0.225 e. The van der Waals surface area contributed by atoms with Gasteiger partial charge in [0.15, 0.2) is 9.84 Å². The lowest BCUT2D eigenvalue weighted by Gasteiger charge is -2.43. The van der Waals surface area contributed by atoms with Gasteiger partial charge in [-0.25, -0.2) is 18.4 Å². The first kappa shape index (κ1) is 17.2. The molecule has 0 N–H and O–H groups in total. The second kappa shape index (κ2) is 6.81. The molecule has 0 amide bonds. The van der Waals surface area contributed by atoms with E-state index in [4.69, 9.17) is 4.74 Å². The molecule has 0 aliphatic carbocycles. The molecule has 8 nitrogen and oxygen atoms in total. The molecule has 9 heteroatoms. The molecular formula is C17H21N5O3S. The molecule has 138 valence electrons. The van der Waals surface area contributed by atoms with Crippen LogP contribution >= 0.6 is 0 Å². The second-order valence-electron chi connectivity index (χ2n) is 6.61. The first-order valence-electron chi connectivity index (χ1n) is 8.53. The molecule has 26 heavy (non-hydrogen) atoms. The van der Waals surface area contributed by atoms with E-state index in [-0.39, 0.29) is 23.6 Å². The van der Waals surface area contributed by atoms with Gasteiger partial charge in [-0.15, -0.1) is 0 Å². The lowest BCUT2D eigenvalue weighted by Crippen LogP contribution is -2.59.